The number of furan rings is 1. The van der Waals surface area contributed by atoms with E-state index in [1.165, 1.54) is 11.1 Å². The molecule has 1 atom stereocenters. The standard InChI is InChI=1S/C23H23NO2/c1-16-11-12-21(17(2)14-16)18(3)24-23(25)22(15-20-10-7-13-26-20)19-8-5-4-6-9-19/h4-15,18H,1-3H3,(H,24,25)/b22-15+/t18-/m1/s1. The van der Waals surface area contributed by atoms with Crippen LogP contribution in [-0.4, -0.2) is 5.91 Å². The second-order valence-corrected chi connectivity index (χ2v) is 6.49. The van der Waals surface area contributed by atoms with Gasteiger partial charge in [0.15, 0.2) is 0 Å². The van der Waals surface area contributed by atoms with Gasteiger partial charge in [-0.05, 0) is 55.7 Å². The minimum absolute atomic E-state index is 0.0909. The molecule has 0 unspecified atom stereocenters. The van der Waals surface area contributed by atoms with Crippen molar-refractivity contribution >= 4 is 17.6 Å². The second-order valence-electron chi connectivity index (χ2n) is 6.49. The van der Waals surface area contributed by atoms with E-state index in [0.29, 0.717) is 11.3 Å². The number of hydrogen-bond acceptors (Lipinski definition) is 2. The molecule has 0 spiro atoms. The lowest BCUT2D eigenvalue weighted by molar-refractivity contribution is -0.116. The molecule has 0 aliphatic carbocycles. The molecular weight excluding hydrogens is 322 g/mol. The number of aryl methyl sites for hydroxylation is 2. The predicted molar refractivity (Wildman–Crippen MR) is 105 cm³/mol. The maximum Gasteiger partial charge on any atom is 0.252 e. The molecule has 26 heavy (non-hydrogen) atoms. The lowest BCUT2D eigenvalue weighted by atomic mass is 9.99. The summed E-state index contributed by atoms with van der Waals surface area (Å²) >= 11 is 0. The molecule has 1 N–H and O–H groups in total. The van der Waals surface area contributed by atoms with Gasteiger partial charge in [0.25, 0.3) is 5.91 Å². The molecule has 0 radical (unpaired) electrons. The van der Waals surface area contributed by atoms with Gasteiger partial charge in [0, 0.05) is 0 Å². The number of rotatable bonds is 5. The van der Waals surface area contributed by atoms with Crippen LogP contribution in [0.15, 0.2) is 71.3 Å². The highest BCUT2D eigenvalue weighted by molar-refractivity contribution is 6.24. The Bertz CT molecular complexity index is 909. The number of nitrogens with one attached hydrogen (secondary N) is 1. The number of carbonyl (C=O) groups is 1. The molecule has 1 aromatic heterocycles. The van der Waals surface area contributed by atoms with Crippen LogP contribution in [0.3, 0.4) is 0 Å². The molecule has 0 fully saturated rings. The third-order valence-corrected chi connectivity index (χ3v) is 4.40. The van der Waals surface area contributed by atoms with E-state index >= 15 is 0 Å². The van der Waals surface area contributed by atoms with Crippen LogP contribution < -0.4 is 5.32 Å². The van der Waals surface area contributed by atoms with Crippen molar-refractivity contribution in [3.63, 3.8) is 0 Å². The van der Waals surface area contributed by atoms with E-state index in [-0.39, 0.29) is 11.9 Å². The Morgan fingerprint density at radius 1 is 1.04 bits per heavy atom. The molecule has 3 rings (SSSR count). The summed E-state index contributed by atoms with van der Waals surface area (Å²) in [5.74, 6) is 0.526. The molecule has 3 aromatic rings. The first-order valence-electron chi connectivity index (χ1n) is 8.73. The van der Waals surface area contributed by atoms with Crippen LogP contribution in [0.1, 0.15) is 41.0 Å². The van der Waals surface area contributed by atoms with E-state index in [1.807, 2.05) is 49.4 Å². The summed E-state index contributed by atoms with van der Waals surface area (Å²) in [7, 11) is 0. The summed E-state index contributed by atoms with van der Waals surface area (Å²) in [4.78, 5) is 13.0. The minimum atomic E-state index is -0.125. The summed E-state index contributed by atoms with van der Waals surface area (Å²) in [6, 6.07) is 19.5. The molecule has 3 nitrogen and oxygen atoms in total. The summed E-state index contributed by atoms with van der Waals surface area (Å²) in [6.07, 6.45) is 3.38. The van der Waals surface area contributed by atoms with Crippen molar-refractivity contribution in [3.8, 4) is 0 Å². The molecular formula is C23H23NO2. The Hall–Kier alpha value is -3.07. The van der Waals surface area contributed by atoms with Gasteiger partial charge in [-0.3, -0.25) is 4.79 Å². The van der Waals surface area contributed by atoms with E-state index in [4.69, 9.17) is 4.42 Å². The number of carbonyl (C=O) groups excluding carboxylic acids is 1. The van der Waals surface area contributed by atoms with Crippen LogP contribution in [-0.2, 0) is 4.79 Å². The van der Waals surface area contributed by atoms with Crippen LogP contribution in [0.5, 0.6) is 0 Å². The topological polar surface area (TPSA) is 42.2 Å². The van der Waals surface area contributed by atoms with Gasteiger partial charge in [-0.25, -0.2) is 0 Å². The van der Waals surface area contributed by atoms with Gasteiger partial charge in [-0.1, -0.05) is 54.1 Å². The first kappa shape index (κ1) is 17.7. The highest BCUT2D eigenvalue weighted by Gasteiger charge is 2.17. The largest absolute Gasteiger partial charge is 0.465 e. The zero-order valence-electron chi connectivity index (χ0n) is 15.3. The van der Waals surface area contributed by atoms with Crippen molar-refractivity contribution in [2.24, 2.45) is 0 Å². The van der Waals surface area contributed by atoms with Crippen molar-refractivity contribution in [2.75, 3.05) is 0 Å². The average Bonchev–Trinajstić information content (AvgIpc) is 3.13. The molecule has 132 valence electrons. The third kappa shape index (κ3) is 4.12. The van der Waals surface area contributed by atoms with Crippen molar-refractivity contribution in [1.29, 1.82) is 0 Å². The molecule has 0 aliphatic heterocycles. The molecule has 0 saturated heterocycles. The molecule has 0 aliphatic rings. The fourth-order valence-electron chi connectivity index (χ4n) is 3.08. The molecule has 1 amide bonds. The van der Waals surface area contributed by atoms with Gasteiger partial charge in [0.1, 0.15) is 5.76 Å². The van der Waals surface area contributed by atoms with Crippen molar-refractivity contribution in [1.82, 2.24) is 5.32 Å². The van der Waals surface area contributed by atoms with Crippen LogP contribution in [0.2, 0.25) is 0 Å². The maximum absolute atomic E-state index is 13.0. The van der Waals surface area contributed by atoms with Gasteiger partial charge in [0.2, 0.25) is 0 Å². The lowest BCUT2D eigenvalue weighted by Crippen LogP contribution is -2.28. The van der Waals surface area contributed by atoms with Gasteiger partial charge in [-0.2, -0.15) is 0 Å². The molecule has 0 saturated carbocycles. The Morgan fingerprint density at radius 3 is 2.46 bits per heavy atom. The zero-order chi connectivity index (χ0) is 18.5. The number of hydrogen-bond donors (Lipinski definition) is 1. The van der Waals surface area contributed by atoms with Crippen molar-refractivity contribution in [3.05, 3.63) is 94.9 Å². The van der Waals surface area contributed by atoms with Gasteiger partial charge in [-0.15, -0.1) is 0 Å². The first-order valence-corrected chi connectivity index (χ1v) is 8.73. The summed E-state index contributed by atoms with van der Waals surface area (Å²) in [6.45, 7) is 6.15. The van der Waals surface area contributed by atoms with E-state index in [0.717, 1.165) is 11.1 Å². The second kappa shape index (κ2) is 7.87. The fourth-order valence-corrected chi connectivity index (χ4v) is 3.08. The number of amides is 1. The van der Waals surface area contributed by atoms with E-state index in [9.17, 15) is 4.79 Å². The quantitative estimate of drug-likeness (QED) is 0.636. The fraction of sp³-hybridized carbons (Fsp3) is 0.174. The van der Waals surface area contributed by atoms with Crippen LogP contribution >= 0.6 is 0 Å². The molecule has 3 heteroatoms. The van der Waals surface area contributed by atoms with Gasteiger partial charge < -0.3 is 9.73 Å². The Morgan fingerprint density at radius 2 is 1.81 bits per heavy atom. The highest BCUT2D eigenvalue weighted by Crippen LogP contribution is 2.23. The monoisotopic (exact) mass is 345 g/mol. The van der Waals surface area contributed by atoms with Crippen LogP contribution in [0.4, 0.5) is 0 Å². The molecule has 1 heterocycles. The first-order chi connectivity index (χ1) is 12.5. The lowest BCUT2D eigenvalue weighted by Gasteiger charge is -2.18. The molecule has 0 bridgehead atoms. The Balaban J connectivity index is 1.88. The predicted octanol–water partition coefficient (Wildman–Crippen LogP) is 5.31. The van der Waals surface area contributed by atoms with Crippen LogP contribution in [0.25, 0.3) is 11.6 Å². The summed E-state index contributed by atoms with van der Waals surface area (Å²) in [5.41, 5.74) is 4.95. The Kier molecular flexibility index (Phi) is 5.37. The van der Waals surface area contributed by atoms with Gasteiger partial charge in [0.05, 0.1) is 17.9 Å². The van der Waals surface area contributed by atoms with E-state index < -0.39 is 0 Å². The minimum Gasteiger partial charge on any atom is -0.465 e. The van der Waals surface area contributed by atoms with E-state index in [2.05, 4.69) is 37.4 Å². The average molecular weight is 345 g/mol. The smallest absolute Gasteiger partial charge is 0.252 e. The maximum atomic E-state index is 13.0. The highest BCUT2D eigenvalue weighted by atomic mass is 16.3. The van der Waals surface area contributed by atoms with Crippen molar-refractivity contribution < 1.29 is 9.21 Å². The number of benzene rings is 2. The third-order valence-electron chi connectivity index (χ3n) is 4.40. The summed E-state index contributed by atoms with van der Waals surface area (Å²) < 4.78 is 5.40. The normalized spacial score (nSPS) is 12.7. The molecule has 2 aromatic carbocycles. The SMILES string of the molecule is Cc1ccc([C@@H](C)NC(=O)/C(=C/c2ccco2)c2ccccc2)c(C)c1. The summed E-state index contributed by atoms with van der Waals surface area (Å²) in [5, 5.41) is 3.12. The van der Waals surface area contributed by atoms with E-state index in [1.54, 1.807) is 12.3 Å². The van der Waals surface area contributed by atoms with Gasteiger partial charge >= 0.3 is 0 Å². The zero-order valence-corrected chi connectivity index (χ0v) is 15.3. The van der Waals surface area contributed by atoms with Crippen molar-refractivity contribution in [2.45, 2.75) is 26.8 Å². The Labute approximate surface area is 154 Å². The van der Waals surface area contributed by atoms with Crippen LogP contribution in [0, 0.1) is 13.8 Å².